The normalized spacial score (nSPS) is 22.0. The van der Waals surface area contributed by atoms with E-state index in [1.165, 1.54) is 21.1 Å². The molecule has 28 heavy (non-hydrogen) atoms. The highest BCUT2D eigenvalue weighted by Crippen LogP contribution is 2.32. The summed E-state index contributed by atoms with van der Waals surface area (Å²) in [4.78, 5) is 54.2. The minimum absolute atomic E-state index is 0.283. The lowest BCUT2D eigenvalue weighted by atomic mass is 10.0. The molecule has 0 bridgehead atoms. The summed E-state index contributed by atoms with van der Waals surface area (Å²) >= 11 is 1.53. The molecule has 1 aromatic heterocycles. The van der Waals surface area contributed by atoms with E-state index in [0.717, 1.165) is 4.88 Å². The van der Waals surface area contributed by atoms with Crippen LogP contribution in [0.2, 0.25) is 0 Å². The summed E-state index contributed by atoms with van der Waals surface area (Å²) in [5.74, 6) is -2.27. The van der Waals surface area contributed by atoms with Crippen LogP contribution in [0.4, 0.5) is 4.79 Å². The topological polar surface area (TPSA) is 110 Å². The first-order valence-corrected chi connectivity index (χ1v) is 10.0. The number of urea groups is 1. The molecule has 2 fully saturated rings. The fourth-order valence-electron chi connectivity index (χ4n) is 3.72. The third kappa shape index (κ3) is 4.02. The van der Waals surface area contributed by atoms with E-state index < -0.39 is 37.2 Å². The van der Waals surface area contributed by atoms with E-state index in [4.69, 9.17) is 4.74 Å². The van der Waals surface area contributed by atoms with Crippen molar-refractivity contribution in [2.24, 2.45) is 0 Å². The van der Waals surface area contributed by atoms with E-state index in [2.05, 4.69) is 0 Å². The van der Waals surface area contributed by atoms with Crippen molar-refractivity contribution in [1.82, 2.24) is 14.7 Å². The molecule has 2 aliphatic heterocycles. The van der Waals surface area contributed by atoms with Crippen LogP contribution >= 0.6 is 11.3 Å². The number of carbonyl (C=O) groups is 4. The Kier molecular flexibility index (Phi) is 6.30. The summed E-state index contributed by atoms with van der Waals surface area (Å²) in [5.41, 5.74) is 0. The number of carboxylic acid groups (broad SMARTS) is 1. The van der Waals surface area contributed by atoms with Crippen molar-refractivity contribution in [3.63, 3.8) is 0 Å². The number of carboxylic acids is 1. The second kappa shape index (κ2) is 8.70. The zero-order chi connectivity index (χ0) is 20.3. The predicted molar refractivity (Wildman–Crippen MR) is 97.0 cm³/mol. The van der Waals surface area contributed by atoms with Gasteiger partial charge in [0.1, 0.15) is 12.6 Å². The smallest absolute Gasteiger partial charge is 0.327 e. The minimum Gasteiger partial charge on any atom is -0.548 e. The van der Waals surface area contributed by atoms with E-state index in [0.29, 0.717) is 25.9 Å². The standard InChI is InChI=1S/C18H23N3O6S/c1-2-6-20-17(25)16-13(21(18(20)26)9-12-4-3-8-28-12)5-7-19(16)14(22)10-27-11-15(23)24/h3-4,8,13,16H,2,5-7,9-11H2,1H3,(H,23,24)/p-1/t13-,16+/m1/s1. The molecule has 0 N–H and O–H groups in total. The molecule has 0 radical (unpaired) electrons. The lowest BCUT2D eigenvalue weighted by molar-refractivity contribution is -0.309. The van der Waals surface area contributed by atoms with Crippen LogP contribution in [0.1, 0.15) is 24.6 Å². The number of carbonyl (C=O) groups excluding carboxylic acids is 4. The molecule has 0 aromatic carbocycles. The lowest BCUT2D eigenvalue weighted by Crippen LogP contribution is -2.65. The first kappa shape index (κ1) is 20.3. The molecule has 3 heterocycles. The van der Waals surface area contributed by atoms with Crippen molar-refractivity contribution < 1.29 is 29.0 Å². The van der Waals surface area contributed by atoms with Gasteiger partial charge in [-0.2, -0.15) is 0 Å². The molecule has 4 amide bonds. The van der Waals surface area contributed by atoms with Crippen molar-refractivity contribution in [3.05, 3.63) is 22.4 Å². The van der Waals surface area contributed by atoms with Gasteiger partial charge in [-0.25, -0.2) is 4.79 Å². The molecule has 3 rings (SSSR count). The van der Waals surface area contributed by atoms with Crippen LogP contribution in [0.25, 0.3) is 0 Å². The van der Waals surface area contributed by atoms with E-state index >= 15 is 0 Å². The molecular weight excluding hydrogens is 386 g/mol. The molecule has 152 valence electrons. The highest BCUT2D eigenvalue weighted by atomic mass is 32.1. The zero-order valence-corrected chi connectivity index (χ0v) is 16.4. The Morgan fingerprint density at radius 2 is 2.11 bits per heavy atom. The molecule has 0 saturated carbocycles. The molecule has 0 unspecified atom stereocenters. The molecule has 10 heteroatoms. The second-order valence-corrected chi connectivity index (χ2v) is 7.76. The van der Waals surface area contributed by atoms with E-state index in [1.54, 1.807) is 4.90 Å². The average Bonchev–Trinajstić information content (AvgIpc) is 3.31. The number of hydrogen-bond donors (Lipinski definition) is 0. The van der Waals surface area contributed by atoms with Crippen LogP contribution in [-0.4, -0.2) is 76.9 Å². The summed E-state index contributed by atoms with van der Waals surface area (Å²) in [6.07, 6.45) is 1.10. The van der Waals surface area contributed by atoms with Crippen molar-refractivity contribution in [1.29, 1.82) is 0 Å². The van der Waals surface area contributed by atoms with Gasteiger partial charge in [-0.15, -0.1) is 11.3 Å². The van der Waals surface area contributed by atoms with Crippen LogP contribution in [-0.2, 0) is 25.7 Å². The van der Waals surface area contributed by atoms with Crippen molar-refractivity contribution in [3.8, 4) is 0 Å². The molecule has 2 saturated heterocycles. The van der Waals surface area contributed by atoms with Gasteiger partial charge in [-0.05, 0) is 24.3 Å². The SMILES string of the molecule is CCCN1C(=O)[C@@H]2[C@@H](CCN2C(=O)COCC(=O)[O-])N(Cc2cccs2)C1=O. The van der Waals surface area contributed by atoms with Crippen LogP contribution < -0.4 is 5.11 Å². The number of imide groups is 1. The van der Waals surface area contributed by atoms with Crippen LogP contribution in [0.3, 0.4) is 0 Å². The van der Waals surface area contributed by atoms with Crippen LogP contribution in [0, 0.1) is 0 Å². The Morgan fingerprint density at radius 1 is 1.32 bits per heavy atom. The summed E-state index contributed by atoms with van der Waals surface area (Å²) < 4.78 is 4.83. The monoisotopic (exact) mass is 408 g/mol. The van der Waals surface area contributed by atoms with Crippen molar-refractivity contribution in [2.75, 3.05) is 26.3 Å². The first-order valence-electron chi connectivity index (χ1n) is 9.15. The fraction of sp³-hybridized carbons (Fsp3) is 0.556. The number of nitrogens with zero attached hydrogens (tertiary/aromatic N) is 3. The molecule has 0 aliphatic carbocycles. The molecule has 2 atom stereocenters. The number of rotatable bonds is 8. The second-order valence-electron chi connectivity index (χ2n) is 6.73. The summed E-state index contributed by atoms with van der Waals surface area (Å²) in [7, 11) is 0. The summed E-state index contributed by atoms with van der Waals surface area (Å²) in [5, 5.41) is 12.4. The van der Waals surface area contributed by atoms with Crippen LogP contribution in [0.5, 0.6) is 0 Å². The molecular formula is C18H22N3O6S-. The van der Waals surface area contributed by atoms with Gasteiger partial charge in [0.2, 0.25) is 5.91 Å². The third-order valence-electron chi connectivity index (χ3n) is 4.88. The number of thiophene rings is 1. The Balaban J connectivity index is 1.80. The predicted octanol–water partition coefficient (Wildman–Crippen LogP) is -0.342. The lowest BCUT2D eigenvalue weighted by Gasteiger charge is -2.43. The van der Waals surface area contributed by atoms with Gasteiger partial charge in [0.15, 0.2) is 0 Å². The summed E-state index contributed by atoms with van der Waals surface area (Å²) in [6.45, 7) is 1.72. The van der Waals surface area contributed by atoms with Gasteiger partial charge in [0.25, 0.3) is 5.91 Å². The highest BCUT2D eigenvalue weighted by Gasteiger charge is 2.52. The number of hydrogen-bond acceptors (Lipinski definition) is 7. The van der Waals surface area contributed by atoms with Crippen molar-refractivity contribution >= 4 is 35.2 Å². The van der Waals surface area contributed by atoms with Gasteiger partial charge >= 0.3 is 6.03 Å². The molecule has 1 aromatic rings. The Hall–Kier alpha value is -2.46. The molecule has 0 spiro atoms. The zero-order valence-electron chi connectivity index (χ0n) is 15.5. The largest absolute Gasteiger partial charge is 0.548 e. The van der Waals surface area contributed by atoms with Gasteiger partial charge in [0, 0.05) is 18.0 Å². The van der Waals surface area contributed by atoms with Gasteiger partial charge in [-0.1, -0.05) is 13.0 Å². The van der Waals surface area contributed by atoms with E-state index in [-0.39, 0.29) is 18.5 Å². The van der Waals surface area contributed by atoms with Gasteiger partial charge < -0.3 is 24.4 Å². The first-order chi connectivity index (χ1) is 13.4. The maximum absolute atomic E-state index is 13.0. The van der Waals surface area contributed by atoms with Gasteiger partial charge in [-0.3, -0.25) is 14.5 Å². The van der Waals surface area contributed by atoms with Crippen LogP contribution in [0.15, 0.2) is 17.5 Å². The number of fused-ring (bicyclic) bond motifs is 1. The highest BCUT2D eigenvalue weighted by molar-refractivity contribution is 7.09. The maximum Gasteiger partial charge on any atom is 0.327 e. The Bertz CT molecular complexity index is 753. The third-order valence-corrected chi connectivity index (χ3v) is 5.74. The quantitative estimate of drug-likeness (QED) is 0.582. The van der Waals surface area contributed by atoms with Gasteiger partial charge in [0.05, 0.1) is 25.2 Å². The number of likely N-dealkylation sites (tertiary alicyclic amines) is 1. The number of ether oxygens (including phenoxy) is 1. The molecule has 2 aliphatic rings. The Morgan fingerprint density at radius 3 is 2.75 bits per heavy atom. The Labute approximate surface area is 166 Å². The van der Waals surface area contributed by atoms with E-state index in [1.807, 2.05) is 24.4 Å². The number of aliphatic carboxylic acids is 1. The fourth-order valence-corrected chi connectivity index (χ4v) is 4.42. The minimum atomic E-state index is -1.41. The summed E-state index contributed by atoms with van der Waals surface area (Å²) in [6, 6.07) is 2.33. The van der Waals surface area contributed by atoms with Crippen molar-refractivity contribution in [2.45, 2.75) is 38.4 Å². The number of amides is 4. The maximum atomic E-state index is 13.0. The average molecular weight is 408 g/mol. The van der Waals surface area contributed by atoms with E-state index in [9.17, 15) is 24.3 Å². The molecule has 9 nitrogen and oxygen atoms in total.